The highest BCUT2D eigenvalue weighted by molar-refractivity contribution is 5.69. The number of likely N-dealkylation sites (tertiary alicyclic amines) is 1. The maximum Gasteiger partial charge on any atom is 0.410 e. The summed E-state index contributed by atoms with van der Waals surface area (Å²) in [5.74, 6) is 0. The fraction of sp³-hybridized carbons (Fsp3) is 0.938. The van der Waals surface area contributed by atoms with Crippen molar-refractivity contribution in [3.05, 3.63) is 0 Å². The van der Waals surface area contributed by atoms with Crippen LogP contribution in [0, 0.1) is 5.41 Å². The summed E-state index contributed by atoms with van der Waals surface area (Å²) in [6.45, 7) is 13.0. The average Bonchev–Trinajstić information content (AvgIpc) is 2.34. The molecule has 0 saturated carbocycles. The molecule has 1 aliphatic rings. The van der Waals surface area contributed by atoms with Gasteiger partial charge in [-0.3, -0.25) is 0 Å². The molecule has 0 aromatic carbocycles. The lowest BCUT2D eigenvalue weighted by molar-refractivity contribution is -0.0911. The van der Waals surface area contributed by atoms with Crippen LogP contribution < -0.4 is 5.73 Å². The first-order valence-electron chi connectivity index (χ1n) is 7.69. The first-order valence-corrected chi connectivity index (χ1v) is 7.69. The molecule has 21 heavy (non-hydrogen) atoms. The maximum atomic E-state index is 12.6. The van der Waals surface area contributed by atoms with Crippen LogP contribution in [0.4, 0.5) is 4.79 Å². The topological polar surface area (TPSA) is 64.8 Å². The van der Waals surface area contributed by atoms with Crippen LogP contribution in [-0.2, 0) is 9.47 Å². The van der Waals surface area contributed by atoms with Crippen molar-refractivity contribution >= 4 is 6.09 Å². The minimum atomic E-state index is -0.548. The van der Waals surface area contributed by atoms with E-state index in [0.29, 0.717) is 13.1 Å². The van der Waals surface area contributed by atoms with Crippen molar-refractivity contribution in [2.24, 2.45) is 11.1 Å². The van der Waals surface area contributed by atoms with Gasteiger partial charge in [0.1, 0.15) is 5.60 Å². The van der Waals surface area contributed by atoms with Gasteiger partial charge in [0, 0.05) is 20.2 Å². The molecule has 1 rings (SSSR count). The van der Waals surface area contributed by atoms with Crippen LogP contribution in [0.25, 0.3) is 0 Å². The van der Waals surface area contributed by atoms with Crippen LogP contribution >= 0.6 is 0 Å². The van der Waals surface area contributed by atoms with Gasteiger partial charge in [0.2, 0.25) is 0 Å². The van der Waals surface area contributed by atoms with Gasteiger partial charge in [0.25, 0.3) is 0 Å². The smallest absolute Gasteiger partial charge is 0.410 e. The molecule has 0 spiro atoms. The highest BCUT2D eigenvalue weighted by Gasteiger charge is 2.46. The summed E-state index contributed by atoms with van der Waals surface area (Å²) >= 11 is 0. The van der Waals surface area contributed by atoms with Gasteiger partial charge in [0.15, 0.2) is 0 Å². The molecular weight excluding hydrogens is 268 g/mol. The number of ether oxygens (including phenoxy) is 2. The van der Waals surface area contributed by atoms with Crippen molar-refractivity contribution < 1.29 is 14.3 Å². The van der Waals surface area contributed by atoms with Crippen molar-refractivity contribution in [1.82, 2.24) is 4.90 Å². The number of carbonyl (C=O) groups excluding carboxylic acids is 1. The molecule has 1 saturated heterocycles. The second-order valence-electron chi connectivity index (χ2n) is 8.05. The Bertz CT molecular complexity index is 370. The first kappa shape index (κ1) is 18.2. The van der Waals surface area contributed by atoms with E-state index in [1.165, 1.54) is 0 Å². The van der Waals surface area contributed by atoms with Crippen LogP contribution in [0.1, 0.15) is 54.4 Å². The second-order valence-corrected chi connectivity index (χ2v) is 8.05. The normalized spacial score (nSPS) is 25.3. The lowest BCUT2D eigenvalue weighted by Crippen LogP contribution is -2.62. The molecule has 0 aromatic rings. The molecule has 0 aliphatic carbocycles. The number of amides is 1. The standard InChI is InChI=1S/C16H32N2O3/c1-14(2,3)21-13(19)18-11-15(4,5)9-8-12(18)16(6,10-17)20-7/h12H,8-11,17H2,1-7H3. The highest BCUT2D eigenvalue weighted by Crippen LogP contribution is 2.37. The fourth-order valence-corrected chi connectivity index (χ4v) is 2.84. The molecular formula is C16H32N2O3. The average molecular weight is 300 g/mol. The summed E-state index contributed by atoms with van der Waals surface area (Å²) < 4.78 is 11.2. The predicted molar refractivity (Wildman–Crippen MR) is 84.2 cm³/mol. The van der Waals surface area contributed by atoms with Crippen molar-refractivity contribution in [1.29, 1.82) is 0 Å². The van der Waals surface area contributed by atoms with Crippen molar-refractivity contribution in [2.45, 2.75) is 71.6 Å². The zero-order valence-electron chi connectivity index (χ0n) is 14.7. The molecule has 2 atom stereocenters. The van der Waals surface area contributed by atoms with E-state index in [2.05, 4.69) is 13.8 Å². The van der Waals surface area contributed by atoms with Gasteiger partial charge in [-0.05, 0) is 46.0 Å². The van der Waals surface area contributed by atoms with Gasteiger partial charge in [-0.15, -0.1) is 0 Å². The van der Waals surface area contributed by atoms with Crippen molar-refractivity contribution in [3.63, 3.8) is 0 Å². The molecule has 5 nitrogen and oxygen atoms in total. The van der Waals surface area contributed by atoms with Crippen molar-refractivity contribution in [3.8, 4) is 0 Å². The second kappa shape index (κ2) is 6.13. The lowest BCUT2D eigenvalue weighted by Gasteiger charge is -2.49. The van der Waals surface area contributed by atoms with Gasteiger partial charge in [-0.25, -0.2) is 4.79 Å². The Hall–Kier alpha value is -0.810. The Morgan fingerprint density at radius 2 is 1.90 bits per heavy atom. The van der Waals surface area contributed by atoms with Gasteiger partial charge < -0.3 is 20.1 Å². The number of nitrogens with zero attached hydrogens (tertiary/aromatic N) is 1. The number of carbonyl (C=O) groups is 1. The zero-order chi connectivity index (χ0) is 16.5. The molecule has 0 bridgehead atoms. The molecule has 1 fully saturated rings. The Kier molecular flexibility index (Phi) is 5.32. The summed E-state index contributed by atoms with van der Waals surface area (Å²) in [4.78, 5) is 14.4. The summed E-state index contributed by atoms with van der Waals surface area (Å²) in [6, 6.07) is -0.0598. The number of nitrogens with two attached hydrogens (primary N) is 1. The van der Waals surface area contributed by atoms with E-state index in [-0.39, 0.29) is 17.6 Å². The SMILES string of the molecule is COC(C)(CN)C1CCC(C)(C)CN1C(=O)OC(C)(C)C. The molecule has 124 valence electrons. The Labute approximate surface area is 129 Å². The molecule has 1 amide bonds. The lowest BCUT2D eigenvalue weighted by atomic mass is 9.77. The van der Waals surface area contributed by atoms with Crippen LogP contribution in [0.3, 0.4) is 0 Å². The molecule has 0 aromatic heterocycles. The van der Waals surface area contributed by atoms with Crippen molar-refractivity contribution in [2.75, 3.05) is 20.2 Å². The highest BCUT2D eigenvalue weighted by atomic mass is 16.6. The predicted octanol–water partition coefficient (Wildman–Crippen LogP) is 2.78. The molecule has 2 N–H and O–H groups in total. The van der Waals surface area contributed by atoms with E-state index < -0.39 is 11.2 Å². The third-order valence-corrected chi connectivity index (χ3v) is 4.27. The van der Waals surface area contributed by atoms with E-state index in [4.69, 9.17) is 15.2 Å². The van der Waals surface area contributed by atoms with Crippen LogP contribution in [0.15, 0.2) is 0 Å². The van der Waals surface area contributed by atoms with Gasteiger partial charge in [-0.1, -0.05) is 13.8 Å². The summed E-state index contributed by atoms with van der Waals surface area (Å²) in [7, 11) is 1.65. The van der Waals surface area contributed by atoms with Crippen LogP contribution in [-0.4, -0.2) is 48.4 Å². The minimum Gasteiger partial charge on any atom is -0.444 e. The Morgan fingerprint density at radius 3 is 2.33 bits per heavy atom. The van der Waals surface area contributed by atoms with E-state index in [1.807, 2.05) is 32.6 Å². The zero-order valence-corrected chi connectivity index (χ0v) is 14.7. The molecule has 0 radical (unpaired) electrons. The van der Waals surface area contributed by atoms with Gasteiger partial charge >= 0.3 is 6.09 Å². The summed E-state index contributed by atoms with van der Waals surface area (Å²) in [6.07, 6.45) is 1.63. The fourth-order valence-electron chi connectivity index (χ4n) is 2.84. The molecule has 2 unspecified atom stereocenters. The van der Waals surface area contributed by atoms with Gasteiger partial charge in [0.05, 0.1) is 11.6 Å². The van der Waals surface area contributed by atoms with Crippen LogP contribution in [0.2, 0.25) is 0 Å². The number of piperidine rings is 1. The number of hydrogen-bond donors (Lipinski definition) is 1. The van der Waals surface area contributed by atoms with Gasteiger partial charge in [-0.2, -0.15) is 0 Å². The molecule has 1 heterocycles. The largest absolute Gasteiger partial charge is 0.444 e. The summed E-state index contributed by atoms with van der Waals surface area (Å²) in [5.41, 5.74) is 4.93. The third-order valence-electron chi connectivity index (χ3n) is 4.27. The summed E-state index contributed by atoms with van der Waals surface area (Å²) in [5, 5.41) is 0. The quantitative estimate of drug-likeness (QED) is 0.870. The van der Waals surface area contributed by atoms with E-state index in [9.17, 15) is 4.79 Å². The third kappa shape index (κ3) is 4.58. The van der Waals surface area contributed by atoms with Crippen LogP contribution in [0.5, 0.6) is 0 Å². The number of hydrogen-bond acceptors (Lipinski definition) is 4. The Morgan fingerprint density at radius 1 is 1.33 bits per heavy atom. The molecule has 5 heteroatoms. The van der Waals surface area contributed by atoms with E-state index >= 15 is 0 Å². The first-order chi connectivity index (χ1) is 9.44. The minimum absolute atomic E-state index is 0.0598. The monoisotopic (exact) mass is 300 g/mol. The maximum absolute atomic E-state index is 12.6. The van der Waals surface area contributed by atoms with E-state index in [1.54, 1.807) is 7.11 Å². The Balaban J connectivity index is 3.03. The molecule has 1 aliphatic heterocycles. The number of rotatable bonds is 3. The van der Waals surface area contributed by atoms with E-state index in [0.717, 1.165) is 12.8 Å². The number of methoxy groups -OCH3 is 1.